The van der Waals surface area contributed by atoms with E-state index in [1.54, 1.807) is 11.0 Å². The minimum absolute atomic E-state index is 0.0164. The van der Waals surface area contributed by atoms with Crippen molar-refractivity contribution in [3.63, 3.8) is 0 Å². The molecule has 0 radical (unpaired) electrons. The zero-order valence-corrected chi connectivity index (χ0v) is 13.4. The number of nitrogens with zero attached hydrogens (tertiary/aromatic N) is 3. The molecule has 4 rings (SSSR count). The van der Waals surface area contributed by atoms with Crippen LogP contribution in [0.2, 0.25) is 0 Å². The molecule has 0 saturated carbocycles. The summed E-state index contributed by atoms with van der Waals surface area (Å²) in [6.07, 6.45) is 6.43. The van der Waals surface area contributed by atoms with E-state index in [0.717, 1.165) is 17.7 Å². The molecular weight excluding hydrogens is 320 g/mol. The van der Waals surface area contributed by atoms with E-state index in [0.29, 0.717) is 36.3 Å². The number of carbonyl (C=O) groups excluding carboxylic acids is 2. The summed E-state index contributed by atoms with van der Waals surface area (Å²) >= 11 is 0. The molecule has 1 aromatic carbocycles. The van der Waals surface area contributed by atoms with Crippen molar-refractivity contribution in [2.24, 2.45) is 0 Å². The van der Waals surface area contributed by atoms with Crippen molar-refractivity contribution in [2.45, 2.75) is 25.8 Å². The molecule has 0 bridgehead atoms. The average molecular weight is 336 g/mol. The van der Waals surface area contributed by atoms with E-state index >= 15 is 0 Å². The van der Waals surface area contributed by atoms with Gasteiger partial charge < -0.3 is 9.73 Å². The van der Waals surface area contributed by atoms with Crippen LogP contribution in [0.4, 0.5) is 0 Å². The Morgan fingerprint density at radius 2 is 2.08 bits per heavy atom. The van der Waals surface area contributed by atoms with Crippen molar-refractivity contribution in [3.05, 3.63) is 65.6 Å². The maximum Gasteiger partial charge on any atom is 0.255 e. The van der Waals surface area contributed by atoms with Gasteiger partial charge in [0.1, 0.15) is 24.7 Å². The normalized spacial score (nSPS) is 13.5. The lowest BCUT2D eigenvalue weighted by Gasteiger charge is -2.10. The Hall–Kier alpha value is -3.22. The van der Waals surface area contributed by atoms with Crippen molar-refractivity contribution in [1.29, 1.82) is 0 Å². The van der Waals surface area contributed by atoms with Gasteiger partial charge in [-0.2, -0.15) is 5.10 Å². The van der Waals surface area contributed by atoms with Crippen LogP contribution in [0.3, 0.4) is 0 Å². The van der Waals surface area contributed by atoms with Crippen molar-refractivity contribution >= 4 is 11.7 Å². The Morgan fingerprint density at radius 3 is 2.84 bits per heavy atom. The van der Waals surface area contributed by atoms with Gasteiger partial charge in [-0.25, -0.2) is 9.67 Å². The van der Waals surface area contributed by atoms with Crippen LogP contribution in [-0.4, -0.2) is 26.5 Å². The molecule has 1 aliphatic rings. The van der Waals surface area contributed by atoms with Gasteiger partial charge in [0.15, 0.2) is 5.78 Å². The molecule has 0 aliphatic heterocycles. The first-order valence-electron chi connectivity index (χ1n) is 8.08. The average Bonchev–Trinajstić information content (AvgIpc) is 3.30. The molecule has 25 heavy (non-hydrogen) atoms. The van der Waals surface area contributed by atoms with Crippen molar-refractivity contribution in [2.75, 3.05) is 0 Å². The fraction of sp³-hybridized carbons (Fsp3) is 0.222. The predicted octanol–water partition coefficient (Wildman–Crippen LogP) is 2.31. The lowest BCUT2D eigenvalue weighted by molar-refractivity contribution is 0.0926. The molecule has 0 atom stereocenters. The first-order valence-corrected chi connectivity index (χ1v) is 8.08. The number of nitrogens with one attached hydrogen (secondary N) is 1. The largest absolute Gasteiger partial charge is 0.468 e. The van der Waals surface area contributed by atoms with E-state index in [2.05, 4.69) is 15.4 Å². The lowest BCUT2D eigenvalue weighted by Crippen LogP contribution is -2.25. The second kappa shape index (κ2) is 6.35. The van der Waals surface area contributed by atoms with Crippen molar-refractivity contribution in [3.8, 4) is 5.69 Å². The number of hydrogen-bond donors (Lipinski definition) is 1. The molecule has 7 nitrogen and oxygen atoms in total. The molecule has 0 saturated heterocycles. The van der Waals surface area contributed by atoms with Crippen LogP contribution < -0.4 is 5.32 Å². The molecule has 0 unspecified atom stereocenters. The number of rotatable bonds is 4. The highest BCUT2D eigenvalue weighted by molar-refractivity contribution is 6.09. The molecule has 1 amide bonds. The summed E-state index contributed by atoms with van der Waals surface area (Å²) in [4.78, 5) is 28.4. The van der Waals surface area contributed by atoms with Gasteiger partial charge in [-0.05, 0) is 24.1 Å². The summed E-state index contributed by atoms with van der Waals surface area (Å²) in [6, 6.07) is 7.62. The number of hydrogen-bond acceptors (Lipinski definition) is 5. The summed E-state index contributed by atoms with van der Waals surface area (Å²) in [5, 5.41) is 6.91. The molecule has 3 aromatic rings. The maximum absolute atomic E-state index is 12.4. The van der Waals surface area contributed by atoms with Crippen LogP contribution in [0.25, 0.3) is 5.69 Å². The molecule has 126 valence electrons. The van der Waals surface area contributed by atoms with Crippen LogP contribution in [0.1, 0.15) is 44.9 Å². The number of ketones is 1. The van der Waals surface area contributed by atoms with Gasteiger partial charge in [0.2, 0.25) is 0 Å². The van der Waals surface area contributed by atoms with E-state index in [9.17, 15) is 9.59 Å². The van der Waals surface area contributed by atoms with Crippen LogP contribution in [-0.2, 0) is 13.0 Å². The van der Waals surface area contributed by atoms with Gasteiger partial charge in [-0.3, -0.25) is 9.59 Å². The summed E-state index contributed by atoms with van der Waals surface area (Å²) in [5.74, 6) is 0.316. The highest BCUT2D eigenvalue weighted by Gasteiger charge is 2.27. The van der Waals surface area contributed by atoms with E-state index in [1.165, 1.54) is 12.6 Å². The van der Waals surface area contributed by atoms with Crippen molar-refractivity contribution in [1.82, 2.24) is 20.1 Å². The lowest BCUT2D eigenvalue weighted by atomic mass is 9.94. The van der Waals surface area contributed by atoms with Crippen LogP contribution in [0.15, 0.2) is 47.6 Å². The van der Waals surface area contributed by atoms with Crippen LogP contribution in [0.5, 0.6) is 0 Å². The van der Waals surface area contributed by atoms with Gasteiger partial charge in [-0.15, -0.1) is 0 Å². The molecule has 0 spiro atoms. The van der Waals surface area contributed by atoms with E-state index < -0.39 is 0 Å². The zero-order valence-electron chi connectivity index (χ0n) is 13.4. The van der Waals surface area contributed by atoms with Gasteiger partial charge in [0.05, 0.1) is 16.8 Å². The van der Waals surface area contributed by atoms with E-state index in [-0.39, 0.29) is 11.7 Å². The smallest absolute Gasteiger partial charge is 0.255 e. The Morgan fingerprint density at radius 1 is 1.24 bits per heavy atom. The van der Waals surface area contributed by atoms with Gasteiger partial charge >= 0.3 is 0 Å². The number of amides is 1. The maximum atomic E-state index is 12.4. The van der Waals surface area contributed by atoms with Gasteiger partial charge in [0.25, 0.3) is 5.91 Å². The third-order valence-electron chi connectivity index (χ3n) is 4.27. The fourth-order valence-electron chi connectivity index (χ4n) is 2.97. The summed E-state index contributed by atoms with van der Waals surface area (Å²) in [5.41, 5.74) is 2.62. The molecule has 1 N–H and O–H groups in total. The Kier molecular flexibility index (Phi) is 3.89. The highest BCUT2D eigenvalue weighted by Crippen LogP contribution is 2.26. The predicted molar refractivity (Wildman–Crippen MR) is 88.5 cm³/mol. The number of Topliss-reactive ketones (excluding diaryl/α,β-unsaturated/α-hetero) is 1. The second-order valence-electron chi connectivity index (χ2n) is 5.91. The SMILES string of the molecule is O=C(NCc1ccc(-n2cncn2)cc1)c1coc2c1C(=O)CCC2. The van der Waals surface area contributed by atoms with Gasteiger partial charge in [0, 0.05) is 19.4 Å². The number of benzene rings is 1. The Bertz CT molecular complexity index is 910. The monoisotopic (exact) mass is 336 g/mol. The van der Waals surface area contributed by atoms with E-state index in [4.69, 9.17) is 4.42 Å². The second-order valence-corrected chi connectivity index (χ2v) is 5.91. The van der Waals surface area contributed by atoms with Crippen LogP contribution >= 0.6 is 0 Å². The minimum atomic E-state index is -0.291. The third kappa shape index (κ3) is 2.96. The standard InChI is InChI=1S/C18H16N4O3/c23-15-2-1-3-16-17(15)14(9-25-16)18(24)20-8-12-4-6-13(7-5-12)22-11-19-10-21-22/h4-7,9-11H,1-3,8H2,(H,20,24). The molecule has 7 heteroatoms. The summed E-state index contributed by atoms with van der Waals surface area (Å²) in [6.45, 7) is 0.366. The Balaban J connectivity index is 1.44. The summed E-state index contributed by atoms with van der Waals surface area (Å²) < 4.78 is 7.05. The number of aromatic nitrogens is 3. The molecule has 1 aliphatic carbocycles. The number of carbonyl (C=O) groups is 2. The minimum Gasteiger partial charge on any atom is -0.468 e. The first-order chi connectivity index (χ1) is 12.2. The molecule has 0 fully saturated rings. The van der Waals surface area contributed by atoms with Crippen molar-refractivity contribution < 1.29 is 14.0 Å². The third-order valence-corrected chi connectivity index (χ3v) is 4.27. The molecule has 2 heterocycles. The number of fused-ring (bicyclic) bond motifs is 1. The quantitative estimate of drug-likeness (QED) is 0.789. The highest BCUT2D eigenvalue weighted by atomic mass is 16.3. The molecule has 2 aromatic heterocycles. The molecular formula is C18H16N4O3. The van der Waals surface area contributed by atoms with Crippen LogP contribution in [0, 0.1) is 0 Å². The number of furan rings is 1. The first kappa shape index (κ1) is 15.3. The van der Waals surface area contributed by atoms with E-state index in [1.807, 2.05) is 24.3 Å². The fourth-order valence-corrected chi connectivity index (χ4v) is 2.97. The Labute approximate surface area is 143 Å². The topological polar surface area (TPSA) is 90.0 Å². The zero-order chi connectivity index (χ0) is 17.2. The summed E-state index contributed by atoms with van der Waals surface area (Å²) in [7, 11) is 0. The number of aryl methyl sites for hydroxylation is 1. The van der Waals surface area contributed by atoms with Gasteiger partial charge in [-0.1, -0.05) is 12.1 Å².